The number of methoxy groups -OCH3 is 4. The zero-order valence-corrected chi connectivity index (χ0v) is 17.3. The van der Waals surface area contributed by atoms with E-state index in [2.05, 4.69) is 0 Å². The molecule has 0 spiro atoms. The average molecular weight is 414 g/mol. The molecular weight excluding hydrogens is 392 g/mol. The van der Waals surface area contributed by atoms with Crippen molar-refractivity contribution in [2.24, 2.45) is 0 Å². The van der Waals surface area contributed by atoms with E-state index in [0.29, 0.717) is 39.3 Å². The van der Waals surface area contributed by atoms with Crippen LogP contribution in [0.4, 0.5) is 0 Å². The van der Waals surface area contributed by atoms with Crippen LogP contribution in [0.5, 0.6) is 23.0 Å². The van der Waals surface area contributed by atoms with Crippen LogP contribution in [0.15, 0.2) is 33.5 Å². The van der Waals surface area contributed by atoms with Crippen molar-refractivity contribution < 1.29 is 33.3 Å². The van der Waals surface area contributed by atoms with E-state index in [1.54, 1.807) is 38.3 Å². The third-order valence-electron chi connectivity index (χ3n) is 4.86. The Morgan fingerprint density at radius 3 is 2.03 bits per heavy atom. The van der Waals surface area contributed by atoms with E-state index in [1.807, 2.05) is 0 Å². The van der Waals surface area contributed by atoms with Gasteiger partial charge in [0.2, 0.25) is 5.75 Å². The molecule has 2 aromatic carbocycles. The summed E-state index contributed by atoms with van der Waals surface area (Å²) < 4.78 is 27.3. The van der Waals surface area contributed by atoms with Gasteiger partial charge in [-0.25, -0.2) is 4.79 Å². The molecule has 30 heavy (non-hydrogen) atoms. The lowest BCUT2D eigenvalue weighted by Gasteiger charge is -2.20. The molecule has 1 aromatic heterocycles. The van der Waals surface area contributed by atoms with E-state index in [0.717, 1.165) is 0 Å². The van der Waals surface area contributed by atoms with Crippen molar-refractivity contribution in [3.63, 3.8) is 0 Å². The van der Waals surface area contributed by atoms with E-state index in [1.165, 1.54) is 21.3 Å². The molecule has 3 aromatic rings. The second-order valence-electron chi connectivity index (χ2n) is 6.47. The van der Waals surface area contributed by atoms with Gasteiger partial charge in [-0.3, -0.25) is 4.79 Å². The fraction of sp³-hybridized carbons (Fsp3) is 0.273. The molecule has 3 rings (SSSR count). The molecule has 0 saturated carbocycles. The predicted molar refractivity (Wildman–Crippen MR) is 110 cm³/mol. The third kappa shape index (κ3) is 3.41. The van der Waals surface area contributed by atoms with Gasteiger partial charge in [-0.05, 0) is 24.6 Å². The first-order chi connectivity index (χ1) is 14.4. The van der Waals surface area contributed by atoms with Crippen LogP contribution in [0.25, 0.3) is 22.1 Å². The Morgan fingerprint density at radius 1 is 0.933 bits per heavy atom. The molecule has 0 aliphatic rings. The highest BCUT2D eigenvalue weighted by Gasteiger charge is 2.28. The first kappa shape index (κ1) is 21.0. The van der Waals surface area contributed by atoms with Gasteiger partial charge in [0.1, 0.15) is 11.5 Å². The highest BCUT2D eigenvalue weighted by Crippen LogP contribution is 2.48. The fourth-order valence-corrected chi connectivity index (χ4v) is 3.59. The van der Waals surface area contributed by atoms with Crippen LogP contribution in [0.1, 0.15) is 11.1 Å². The van der Waals surface area contributed by atoms with Gasteiger partial charge >= 0.3 is 11.6 Å². The molecule has 0 atom stereocenters. The molecule has 0 aliphatic heterocycles. The number of carbonyl (C=O) groups is 1. The van der Waals surface area contributed by atoms with Crippen molar-refractivity contribution >= 4 is 16.9 Å². The highest BCUT2D eigenvalue weighted by molar-refractivity contribution is 6.04. The maximum absolute atomic E-state index is 12.8. The van der Waals surface area contributed by atoms with Gasteiger partial charge in [-0.15, -0.1) is 0 Å². The standard InChI is InChI=1S/C22H22O8/c1-11-18(27-3)17-16(12-6-8-13(26-2)9-7-12)14(10-15(23)24)22(25)30-20(17)21(29-5)19(11)28-4/h6-9H,10H2,1-5H3,(H,23,24). The zero-order valence-electron chi connectivity index (χ0n) is 17.3. The fourth-order valence-electron chi connectivity index (χ4n) is 3.59. The van der Waals surface area contributed by atoms with Gasteiger partial charge < -0.3 is 28.5 Å². The second kappa shape index (κ2) is 8.36. The van der Waals surface area contributed by atoms with Gasteiger partial charge in [0.05, 0.1) is 45.8 Å². The molecule has 8 nitrogen and oxygen atoms in total. The Kier molecular flexibility index (Phi) is 5.86. The van der Waals surface area contributed by atoms with Crippen molar-refractivity contribution in [3.05, 3.63) is 45.8 Å². The van der Waals surface area contributed by atoms with Crippen LogP contribution in [0.3, 0.4) is 0 Å². The molecule has 0 saturated heterocycles. The molecule has 1 N–H and O–H groups in total. The van der Waals surface area contributed by atoms with Crippen molar-refractivity contribution in [1.29, 1.82) is 0 Å². The predicted octanol–water partition coefficient (Wildman–Crippen LogP) is 3.43. The summed E-state index contributed by atoms with van der Waals surface area (Å²) in [5, 5.41) is 9.83. The molecule has 0 aliphatic carbocycles. The van der Waals surface area contributed by atoms with Crippen LogP contribution in [-0.2, 0) is 11.2 Å². The second-order valence-corrected chi connectivity index (χ2v) is 6.47. The van der Waals surface area contributed by atoms with Crippen LogP contribution in [-0.4, -0.2) is 39.5 Å². The number of ether oxygens (including phenoxy) is 4. The van der Waals surface area contributed by atoms with Gasteiger partial charge in [-0.1, -0.05) is 12.1 Å². The Bertz CT molecular complexity index is 1160. The summed E-state index contributed by atoms with van der Waals surface area (Å²) in [5.41, 5.74) is 0.963. The summed E-state index contributed by atoms with van der Waals surface area (Å²) in [4.78, 5) is 24.4. The number of carboxylic acid groups (broad SMARTS) is 1. The molecule has 0 amide bonds. The average Bonchev–Trinajstić information content (AvgIpc) is 2.74. The molecule has 0 fully saturated rings. The van der Waals surface area contributed by atoms with E-state index >= 15 is 0 Å². The Labute approximate surface area is 172 Å². The minimum absolute atomic E-state index is 0.00471. The van der Waals surface area contributed by atoms with Gasteiger partial charge in [0.15, 0.2) is 11.3 Å². The highest BCUT2D eigenvalue weighted by atomic mass is 16.5. The lowest BCUT2D eigenvalue weighted by atomic mass is 9.93. The lowest BCUT2D eigenvalue weighted by Crippen LogP contribution is -2.15. The zero-order chi connectivity index (χ0) is 22.0. The molecule has 158 valence electrons. The summed E-state index contributed by atoms with van der Waals surface area (Å²) in [5.74, 6) is 0.431. The van der Waals surface area contributed by atoms with Crippen molar-refractivity contribution in [1.82, 2.24) is 0 Å². The smallest absolute Gasteiger partial charge is 0.340 e. The normalized spacial score (nSPS) is 10.7. The van der Waals surface area contributed by atoms with Gasteiger partial charge in [-0.2, -0.15) is 0 Å². The van der Waals surface area contributed by atoms with E-state index in [9.17, 15) is 14.7 Å². The minimum Gasteiger partial charge on any atom is -0.497 e. The van der Waals surface area contributed by atoms with E-state index in [-0.39, 0.29) is 16.9 Å². The molecule has 0 unspecified atom stereocenters. The molecule has 0 bridgehead atoms. The van der Waals surface area contributed by atoms with Crippen LogP contribution < -0.4 is 24.6 Å². The number of hydrogen-bond donors (Lipinski definition) is 1. The van der Waals surface area contributed by atoms with Crippen LogP contribution in [0.2, 0.25) is 0 Å². The quantitative estimate of drug-likeness (QED) is 0.587. The topological polar surface area (TPSA) is 104 Å². The first-order valence-corrected chi connectivity index (χ1v) is 9.02. The SMILES string of the molecule is COc1ccc(-c2c(CC(=O)O)c(=O)oc3c(OC)c(OC)c(C)c(OC)c23)cc1. The molecular formula is C22H22O8. The Morgan fingerprint density at radius 2 is 1.53 bits per heavy atom. The number of carboxylic acids is 1. The van der Waals surface area contributed by atoms with Gasteiger partial charge in [0.25, 0.3) is 0 Å². The van der Waals surface area contributed by atoms with Crippen molar-refractivity contribution in [3.8, 4) is 34.1 Å². The van der Waals surface area contributed by atoms with Crippen molar-refractivity contribution in [2.45, 2.75) is 13.3 Å². The van der Waals surface area contributed by atoms with Crippen LogP contribution >= 0.6 is 0 Å². The summed E-state index contributed by atoms with van der Waals surface area (Å²) >= 11 is 0. The van der Waals surface area contributed by atoms with Crippen molar-refractivity contribution in [2.75, 3.05) is 28.4 Å². The Hall–Kier alpha value is -3.68. The molecule has 0 radical (unpaired) electrons. The number of rotatable bonds is 7. The number of fused-ring (bicyclic) bond motifs is 1. The Balaban J connectivity index is 2.58. The summed E-state index contributed by atoms with van der Waals surface area (Å²) in [6.45, 7) is 1.78. The maximum atomic E-state index is 12.8. The number of benzene rings is 2. The van der Waals surface area contributed by atoms with Gasteiger partial charge in [0, 0.05) is 11.1 Å². The summed E-state index contributed by atoms with van der Waals surface area (Å²) in [6, 6.07) is 6.93. The largest absolute Gasteiger partial charge is 0.497 e. The minimum atomic E-state index is -1.16. The molecule has 1 heterocycles. The summed E-state index contributed by atoms with van der Waals surface area (Å²) in [6.07, 6.45) is -0.518. The number of hydrogen-bond acceptors (Lipinski definition) is 7. The van der Waals surface area contributed by atoms with E-state index < -0.39 is 18.0 Å². The summed E-state index contributed by atoms with van der Waals surface area (Å²) in [7, 11) is 5.92. The maximum Gasteiger partial charge on any atom is 0.340 e. The number of aliphatic carboxylic acids is 1. The monoisotopic (exact) mass is 414 g/mol. The third-order valence-corrected chi connectivity index (χ3v) is 4.86. The van der Waals surface area contributed by atoms with Crippen LogP contribution in [0, 0.1) is 6.92 Å². The lowest BCUT2D eigenvalue weighted by molar-refractivity contribution is -0.136. The molecule has 8 heteroatoms. The first-order valence-electron chi connectivity index (χ1n) is 9.02. The van der Waals surface area contributed by atoms with E-state index in [4.69, 9.17) is 23.4 Å².